The molecule has 1 aromatic carbocycles. The number of esters is 1. The van der Waals surface area contributed by atoms with E-state index in [1.165, 1.54) is 56.4 Å². The molecular weight excluding hydrogens is 414 g/mol. The number of nitro groups is 1. The van der Waals surface area contributed by atoms with E-state index in [4.69, 9.17) is 14.2 Å². The zero-order chi connectivity index (χ0) is 23.8. The molecular formula is C24H37NO7. The van der Waals surface area contributed by atoms with E-state index < -0.39 is 17.2 Å². The normalized spacial score (nSPS) is 11.8. The highest BCUT2D eigenvalue weighted by atomic mass is 16.7. The predicted octanol–water partition coefficient (Wildman–Crippen LogP) is 6.74. The zero-order valence-electron chi connectivity index (χ0n) is 19.5. The summed E-state index contributed by atoms with van der Waals surface area (Å²) in [5.74, 6) is -0.168. The minimum Gasteiger partial charge on any atom is -0.463 e. The minimum atomic E-state index is -0.888. The van der Waals surface area contributed by atoms with Gasteiger partial charge in [-0.2, -0.15) is 0 Å². The van der Waals surface area contributed by atoms with Gasteiger partial charge in [-0.05, 0) is 45.2 Å². The fraction of sp³-hybridized carbons (Fsp3) is 0.667. The highest BCUT2D eigenvalue weighted by Gasteiger charge is 2.19. The van der Waals surface area contributed by atoms with E-state index in [1.807, 2.05) is 0 Å². The highest BCUT2D eigenvalue weighted by Crippen LogP contribution is 2.20. The first-order chi connectivity index (χ1) is 15.3. The molecule has 1 aromatic rings. The molecule has 0 aliphatic carbocycles. The molecule has 0 saturated heterocycles. The van der Waals surface area contributed by atoms with Gasteiger partial charge >= 0.3 is 12.1 Å². The lowest BCUT2D eigenvalue weighted by atomic mass is 10.0. The van der Waals surface area contributed by atoms with Crippen molar-refractivity contribution in [3.8, 4) is 5.75 Å². The number of hydrogen-bond acceptors (Lipinski definition) is 7. The molecule has 8 nitrogen and oxygen atoms in total. The van der Waals surface area contributed by atoms with Gasteiger partial charge in [-0.25, -0.2) is 4.79 Å². The van der Waals surface area contributed by atoms with Crippen molar-refractivity contribution in [3.05, 3.63) is 34.4 Å². The molecule has 0 aliphatic heterocycles. The summed E-state index contributed by atoms with van der Waals surface area (Å²) in [6.45, 7) is 5.77. The molecule has 1 rings (SSSR count). The third kappa shape index (κ3) is 12.9. The Morgan fingerprint density at radius 2 is 1.50 bits per heavy atom. The number of nitro benzene ring substituents is 1. The van der Waals surface area contributed by atoms with Gasteiger partial charge in [0.2, 0.25) is 0 Å². The number of hydrogen-bond donors (Lipinski definition) is 0. The maximum Gasteiger partial charge on any atom is 0.514 e. The summed E-state index contributed by atoms with van der Waals surface area (Å²) in [6.07, 6.45) is 8.91. The lowest BCUT2D eigenvalue weighted by Gasteiger charge is -2.18. The van der Waals surface area contributed by atoms with Crippen LogP contribution in [0.2, 0.25) is 0 Å². The van der Waals surface area contributed by atoms with E-state index >= 15 is 0 Å². The summed E-state index contributed by atoms with van der Waals surface area (Å²) in [7, 11) is 0. The van der Waals surface area contributed by atoms with Crippen molar-refractivity contribution in [1.82, 2.24) is 0 Å². The van der Waals surface area contributed by atoms with Crippen LogP contribution in [0.3, 0.4) is 0 Å². The number of nitrogens with zero attached hydrogens (tertiary/aromatic N) is 1. The van der Waals surface area contributed by atoms with E-state index in [2.05, 4.69) is 6.92 Å². The molecule has 0 radical (unpaired) electrons. The van der Waals surface area contributed by atoms with E-state index in [0.29, 0.717) is 12.8 Å². The van der Waals surface area contributed by atoms with Crippen LogP contribution >= 0.6 is 0 Å². The van der Waals surface area contributed by atoms with Gasteiger partial charge < -0.3 is 14.2 Å². The largest absolute Gasteiger partial charge is 0.514 e. The third-order valence-corrected chi connectivity index (χ3v) is 4.93. The van der Waals surface area contributed by atoms with Crippen molar-refractivity contribution in [3.63, 3.8) is 0 Å². The Labute approximate surface area is 190 Å². The molecule has 180 valence electrons. The summed E-state index contributed by atoms with van der Waals surface area (Å²) < 4.78 is 15.7. The number of rotatable bonds is 16. The maximum absolute atomic E-state index is 12.2. The van der Waals surface area contributed by atoms with E-state index in [9.17, 15) is 19.7 Å². The number of ether oxygens (including phenoxy) is 3. The second-order valence-electron chi connectivity index (χ2n) is 8.18. The molecule has 0 spiro atoms. The van der Waals surface area contributed by atoms with Crippen LogP contribution in [-0.2, 0) is 14.3 Å². The SMILES string of the molecule is CCCCCCCCCCC(CCC(=O)OC(C)C)OC(=O)Oc1ccc([N+](=O)[O-])cc1. The quantitative estimate of drug-likeness (QED) is 0.0900. The van der Waals surface area contributed by atoms with Crippen LogP contribution in [-0.4, -0.2) is 29.3 Å². The Hall–Kier alpha value is -2.64. The van der Waals surface area contributed by atoms with Crippen LogP contribution in [0.5, 0.6) is 5.75 Å². The Bertz CT molecular complexity index is 688. The topological polar surface area (TPSA) is 105 Å². The summed E-state index contributed by atoms with van der Waals surface area (Å²) in [6, 6.07) is 5.19. The number of unbranched alkanes of at least 4 members (excludes halogenated alkanes) is 7. The van der Waals surface area contributed by atoms with Crippen molar-refractivity contribution in [2.24, 2.45) is 0 Å². The van der Waals surface area contributed by atoms with Gasteiger partial charge in [-0.15, -0.1) is 0 Å². The number of carbonyl (C=O) groups excluding carboxylic acids is 2. The van der Waals surface area contributed by atoms with Crippen LogP contribution in [0.1, 0.15) is 91.4 Å². The molecule has 32 heavy (non-hydrogen) atoms. The predicted molar refractivity (Wildman–Crippen MR) is 122 cm³/mol. The van der Waals surface area contributed by atoms with Gasteiger partial charge in [-0.1, -0.05) is 51.9 Å². The van der Waals surface area contributed by atoms with Crippen LogP contribution in [0.25, 0.3) is 0 Å². The standard InChI is InChI=1S/C24H37NO7/c1-4-5-6-7-8-9-10-11-12-21(17-18-23(26)30-19(2)3)31-24(27)32-22-15-13-20(14-16-22)25(28)29/h13-16,19,21H,4-12,17-18H2,1-3H3. The fourth-order valence-corrected chi connectivity index (χ4v) is 3.26. The number of carbonyl (C=O) groups is 2. The van der Waals surface area contributed by atoms with Gasteiger partial charge in [0.15, 0.2) is 0 Å². The molecule has 0 aromatic heterocycles. The van der Waals surface area contributed by atoms with Crippen molar-refractivity contribution in [1.29, 1.82) is 0 Å². The first-order valence-corrected chi connectivity index (χ1v) is 11.6. The third-order valence-electron chi connectivity index (χ3n) is 4.93. The molecule has 0 N–H and O–H groups in total. The Kier molecular flexibility index (Phi) is 13.7. The van der Waals surface area contributed by atoms with Crippen LogP contribution in [0, 0.1) is 10.1 Å². The molecule has 8 heteroatoms. The first-order valence-electron chi connectivity index (χ1n) is 11.6. The lowest BCUT2D eigenvalue weighted by molar-refractivity contribution is -0.384. The maximum atomic E-state index is 12.2. The summed E-state index contributed by atoms with van der Waals surface area (Å²) >= 11 is 0. The summed E-state index contributed by atoms with van der Waals surface area (Å²) in [5, 5.41) is 10.7. The smallest absolute Gasteiger partial charge is 0.463 e. The zero-order valence-corrected chi connectivity index (χ0v) is 19.5. The molecule has 0 saturated carbocycles. The van der Waals surface area contributed by atoms with Crippen LogP contribution < -0.4 is 4.74 Å². The monoisotopic (exact) mass is 451 g/mol. The summed E-state index contributed by atoms with van der Waals surface area (Å²) in [5.41, 5.74) is -0.0954. The van der Waals surface area contributed by atoms with Crippen molar-refractivity contribution < 1.29 is 28.7 Å². The van der Waals surface area contributed by atoms with Gasteiger partial charge in [0.05, 0.1) is 11.0 Å². The second kappa shape index (κ2) is 16.1. The highest BCUT2D eigenvalue weighted by molar-refractivity contribution is 5.69. The van der Waals surface area contributed by atoms with E-state index in [-0.39, 0.29) is 29.9 Å². The van der Waals surface area contributed by atoms with Crippen molar-refractivity contribution >= 4 is 17.8 Å². The number of non-ortho nitro benzene ring substituents is 1. The molecule has 0 bridgehead atoms. The van der Waals surface area contributed by atoms with Gasteiger partial charge in [0, 0.05) is 18.6 Å². The van der Waals surface area contributed by atoms with Crippen molar-refractivity contribution in [2.45, 2.75) is 104 Å². The van der Waals surface area contributed by atoms with E-state index in [0.717, 1.165) is 19.3 Å². The number of benzene rings is 1. The van der Waals surface area contributed by atoms with Gasteiger partial charge in [-0.3, -0.25) is 14.9 Å². The average molecular weight is 452 g/mol. The van der Waals surface area contributed by atoms with Crippen LogP contribution in [0.15, 0.2) is 24.3 Å². The Morgan fingerprint density at radius 3 is 2.06 bits per heavy atom. The second-order valence-corrected chi connectivity index (χ2v) is 8.18. The molecule has 0 heterocycles. The molecule has 0 aliphatic rings. The lowest BCUT2D eigenvalue weighted by Crippen LogP contribution is -2.23. The van der Waals surface area contributed by atoms with E-state index in [1.54, 1.807) is 13.8 Å². The van der Waals surface area contributed by atoms with Crippen molar-refractivity contribution in [2.75, 3.05) is 0 Å². The fourth-order valence-electron chi connectivity index (χ4n) is 3.26. The molecule has 0 amide bonds. The average Bonchev–Trinajstić information content (AvgIpc) is 2.73. The summed E-state index contributed by atoms with van der Waals surface area (Å²) in [4.78, 5) is 34.3. The molecule has 1 unspecified atom stereocenters. The molecule has 1 atom stereocenters. The Morgan fingerprint density at radius 1 is 0.906 bits per heavy atom. The minimum absolute atomic E-state index is 0.0954. The first kappa shape index (κ1) is 27.4. The van der Waals surface area contributed by atoms with Crippen LogP contribution in [0.4, 0.5) is 10.5 Å². The molecule has 0 fully saturated rings. The van der Waals surface area contributed by atoms with Gasteiger partial charge in [0.1, 0.15) is 11.9 Å². The Balaban J connectivity index is 2.50. The van der Waals surface area contributed by atoms with Gasteiger partial charge in [0.25, 0.3) is 5.69 Å².